The van der Waals surface area contributed by atoms with Crippen LogP contribution in [-0.4, -0.2) is 14.7 Å². The molecule has 0 saturated heterocycles. The maximum Gasteiger partial charge on any atom is 0.263 e. The average Bonchev–Trinajstić information content (AvgIpc) is 3.25. The molecule has 0 unspecified atom stereocenters. The van der Waals surface area contributed by atoms with Gasteiger partial charge in [0.15, 0.2) is 10.9 Å². The molecule has 0 spiro atoms. The minimum atomic E-state index is -0.472. The van der Waals surface area contributed by atoms with Gasteiger partial charge in [0.1, 0.15) is 16.9 Å². The van der Waals surface area contributed by atoms with Gasteiger partial charge in [-0.2, -0.15) is 0 Å². The normalized spacial score (nSPS) is 13.3. The number of hydrogen-bond acceptors (Lipinski definition) is 7. The molecule has 148 valence electrons. The number of aryl methyl sites for hydroxylation is 2. The van der Waals surface area contributed by atoms with Gasteiger partial charge in [0.05, 0.1) is 11.1 Å². The minimum Gasteiger partial charge on any atom is -0.502 e. The first kappa shape index (κ1) is 19.3. The first-order valence-corrected chi connectivity index (χ1v) is 11.4. The molecule has 4 rings (SSSR count). The van der Waals surface area contributed by atoms with Gasteiger partial charge in [-0.15, -0.1) is 11.3 Å². The van der Waals surface area contributed by atoms with Crippen LogP contribution in [0.25, 0.3) is 10.2 Å². The van der Waals surface area contributed by atoms with E-state index in [1.807, 2.05) is 0 Å². The highest BCUT2D eigenvalue weighted by molar-refractivity contribution is 7.98. The van der Waals surface area contributed by atoms with Crippen molar-refractivity contribution in [3.8, 4) is 5.75 Å². The molecule has 6 nitrogen and oxygen atoms in total. The lowest BCUT2D eigenvalue weighted by molar-refractivity contribution is 0.419. The van der Waals surface area contributed by atoms with Crippen molar-refractivity contribution in [3.05, 3.63) is 49.1 Å². The maximum absolute atomic E-state index is 13.3. The summed E-state index contributed by atoms with van der Waals surface area (Å²) in [7, 11) is 0. The number of rotatable bonds is 7. The fraction of sp³-hybridized carbons (Fsp3) is 0.450. The molecule has 0 radical (unpaired) electrons. The Bertz CT molecular complexity index is 1130. The summed E-state index contributed by atoms with van der Waals surface area (Å²) < 4.78 is 7.07. The van der Waals surface area contributed by atoms with Crippen molar-refractivity contribution >= 4 is 33.3 Å². The van der Waals surface area contributed by atoms with E-state index in [9.17, 15) is 14.7 Å². The Morgan fingerprint density at radius 3 is 2.96 bits per heavy atom. The molecule has 0 amide bonds. The Balaban J connectivity index is 1.70. The van der Waals surface area contributed by atoms with Crippen LogP contribution >= 0.6 is 23.1 Å². The van der Waals surface area contributed by atoms with Gasteiger partial charge < -0.3 is 9.52 Å². The summed E-state index contributed by atoms with van der Waals surface area (Å²) in [4.78, 5) is 31.8. The second kappa shape index (κ2) is 8.13. The molecular weight excluding hydrogens is 396 g/mol. The van der Waals surface area contributed by atoms with Gasteiger partial charge in [-0.05, 0) is 31.2 Å². The third kappa shape index (κ3) is 3.63. The predicted molar refractivity (Wildman–Crippen MR) is 112 cm³/mol. The van der Waals surface area contributed by atoms with Crippen molar-refractivity contribution < 1.29 is 9.52 Å². The van der Waals surface area contributed by atoms with Gasteiger partial charge >= 0.3 is 0 Å². The zero-order chi connectivity index (χ0) is 19.7. The molecule has 3 aromatic heterocycles. The van der Waals surface area contributed by atoms with Crippen molar-refractivity contribution in [2.45, 2.75) is 62.9 Å². The van der Waals surface area contributed by atoms with Crippen LogP contribution in [0, 0.1) is 0 Å². The first-order valence-electron chi connectivity index (χ1n) is 9.57. The van der Waals surface area contributed by atoms with Crippen LogP contribution in [0.4, 0.5) is 0 Å². The summed E-state index contributed by atoms with van der Waals surface area (Å²) in [6.45, 7) is 2.78. The Labute approximate surface area is 170 Å². The lowest BCUT2D eigenvalue weighted by Crippen LogP contribution is -2.23. The molecular formula is C20H22N2O4S2. The van der Waals surface area contributed by atoms with E-state index in [0.717, 1.165) is 55.0 Å². The van der Waals surface area contributed by atoms with Crippen LogP contribution < -0.4 is 11.0 Å². The highest BCUT2D eigenvalue weighted by Gasteiger charge is 2.23. The highest BCUT2D eigenvalue weighted by atomic mass is 32.2. The van der Waals surface area contributed by atoms with Gasteiger partial charge in [-0.3, -0.25) is 14.2 Å². The topological polar surface area (TPSA) is 85.3 Å². The number of unbranched alkanes of at least 4 members (excludes halogenated alkanes) is 2. The van der Waals surface area contributed by atoms with Gasteiger partial charge in [0.25, 0.3) is 5.56 Å². The standard InChI is InChI=1S/C20H22N2O4S2/c1-2-3-4-8-22-19(25)17-13-6-5-7-16(13)28-18(17)21-20(22)27-11-12-9-14(23)15(24)10-26-12/h9-10,24H,2-8,11H2,1H3. The van der Waals surface area contributed by atoms with E-state index in [0.29, 0.717) is 23.2 Å². The average molecular weight is 419 g/mol. The molecule has 8 heteroatoms. The molecule has 0 atom stereocenters. The summed E-state index contributed by atoms with van der Waals surface area (Å²) in [5, 5.41) is 10.8. The van der Waals surface area contributed by atoms with Crippen LogP contribution in [0.1, 0.15) is 48.8 Å². The van der Waals surface area contributed by atoms with E-state index >= 15 is 0 Å². The van der Waals surface area contributed by atoms with Crippen LogP contribution in [0.5, 0.6) is 5.75 Å². The number of aromatic hydroxyl groups is 1. The van der Waals surface area contributed by atoms with E-state index in [1.165, 1.54) is 28.3 Å². The summed E-state index contributed by atoms with van der Waals surface area (Å²) in [6, 6.07) is 1.28. The van der Waals surface area contributed by atoms with E-state index in [1.54, 1.807) is 15.9 Å². The minimum absolute atomic E-state index is 0.0511. The van der Waals surface area contributed by atoms with Gasteiger partial charge in [-0.1, -0.05) is 31.5 Å². The van der Waals surface area contributed by atoms with E-state index in [4.69, 9.17) is 9.40 Å². The molecule has 0 saturated carbocycles. The van der Waals surface area contributed by atoms with Crippen molar-refractivity contribution in [1.29, 1.82) is 0 Å². The molecule has 1 aliphatic rings. The van der Waals surface area contributed by atoms with E-state index < -0.39 is 11.2 Å². The molecule has 1 aliphatic carbocycles. The molecule has 3 aromatic rings. The Kier molecular flexibility index (Phi) is 5.59. The summed E-state index contributed by atoms with van der Waals surface area (Å²) >= 11 is 3.02. The van der Waals surface area contributed by atoms with Gasteiger partial charge in [0, 0.05) is 17.5 Å². The zero-order valence-corrected chi connectivity index (χ0v) is 17.3. The number of thioether (sulfide) groups is 1. The van der Waals surface area contributed by atoms with Gasteiger partial charge in [-0.25, -0.2) is 4.98 Å². The van der Waals surface area contributed by atoms with E-state index in [-0.39, 0.29) is 5.56 Å². The molecule has 0 bridgehead atoms. The molecule has 0 fully saturated rings. The fourth-order valence-corrected chi connectivity index (χ4v) is 5.76. The Hall–Kier alpha value is -2.06. The first-order chi connectivity index (χ1) is 13.6. The van der Waals surface area contributed by atoms with Crippen molar-refractivity contribution in [2.24, 2.45) is 0 Å². The zero-order valence-electron chi connectivity index (χ0n) is 15.7. The number of aromatic nitrogens is 2. The monoisotopic (exact) mass is 418 g/mol. The SMILES string of the molecule is CCCCCn1c(SCc2cc(=O)c(O)co2)nc2sc3c(c2c1=O)CCC3. The van der Waals surface area contributed by atoms with Crippen LogP contribution in [-0.2, 0) is 25.1 Å². The number of thiophene rings is 1. The van der Waals surface area contributed by atoms with Crippen LogP contribution in [0.15, 0.2) is 31.5 Å². The summed E-state index contributed by atoms with van der Waals surface area (Å²) in [6.07, 6.45) is 7.23. The van der Waals surface area contributed by atoms with Gasteiger partial charge in [0.2, 0.25) is 5.43 Å². The number of fused-ring (bicyclic) bond motifs is 3. The summed E-state index contributed by atoms with van der Waals surface area (Å²) in [5.41, 5.74) is 0.776. The third-order valence-corrected chi connectivity index (χ3v) is 7.17. The second-order valence-corrected chi connectivity index (χ2v) is 9.01. The summed E-state index contributed by atoms with van der Waals surface area (Å²) in [5.74, 6) is 0.403. The van der Waals surface area contributed by atoms with Crippen LogP contribution in [0.2, 0.25) is 0 Å². The molecule has 1 N–H and O–H groups in total. The quantitative estimate of drug-likeness (QED) is 0.353. The molecule has 0 aliphatic heterocycles. The fourth-order valence-electron chi connectivity index (χ4n) is 3.54. The van der Waals surface area contributed by atoms with Crippen LogP contribution in [0.3, 0.4) is 0 Å². The number of hydrogen-bond donors (Lipinski definition) is 1. The van der Waals surface area contributed by atoms with Crippen molar-refractivity contribution in [2.75, 3.05) is 0 Å². The maximum atomic E-state index is 13.3. The van der Waals surface area contributed by atoms with E-state index in [2.05, 4.69) is 6.92 Å². The molecule has 3 heterocycles. The largest absolute Gasteiger partial charge is 0.502 e. The third-order valence-electron chi connectivity index (χ3n) is 4.99. The molecule has 0 aromatic carbocycles. The van der Waals surface area contributed by atoms with Crippen molar-refractivity contribution in [3.63, 3.8) is 0 Å². The smallest absolute Gasteiger partial charge is 0.263 e. The number of nitrogens with zero attached hydrogens (tertiary/aromatic N) is 2. The lowest BCUT2D eigenvalue weighted by Gasteiger charge is -2.12. The molecule has 28 heavy (non-hydrogen) atoms. The second-order valence-electron chi connectivity index (χ2n) is 6.98. The predicted octanol–water partition coefficient (Wildman–Crippen LogP) is 4.09. The lowest BCUT2D eigenvalue weighted by atomic mass is 10.2. The van der Waals surface area contributed by atoms with Crippen molar-refractivity contribution in [1.82, 2.24) is 9.55 Å². The highest BCUT2D eigenvalue weighted by Crippen LogP contribution is 2.36. The Morgan fingerprint density at radius 1 is 1.32 bits per heavy atom. The Morgan fingerprint density at radius 2 is 2.18 bits per heavy atom.